The number of nitrogens with zero attached hydrogens (tertiary/aromatic N) is 2. The minimum absolute atomic E-state index is 0.0450. The van der Waals surface area contributed by atoms with E-state index in [4.69, 9.17) is 5.73 Å². The van der Waals surface area contributed by atoms with Crippen LogP contribution in [-0.2, 0) is 5.41 Å². The summed E-state index contributed by atoms with van der Waals surface area (Å²) in [5, 5.41) is 4.57. The summed E-state index contributed by atoms with van der Waals surface area (Å²) >= 11 is 3.52. The Bertz CT molecular complexity index is 538. The van der Waals surface area contributed by atoms with Gasteiger partial charge < -0.3 is 5.73 Å². The highest BCUT2D eigenvalue weighted by molar-refractivity contribution is 9.10. The van der Waals surface area contributed by atoms with Gasteiger partial charge in [-0.25, -0.2) is 4.68 Å². The fraction of sp³-hybridized carbons (Fsp3) is 0.308. The third kappa shape index (κ3) is 2.36. The van der Waals surface area contributed by atoms with Gasteiger partial charge in [0.25, 0.3) is 0 Å². The van der Waals surface area contributed by atoms with Crippen LogP contribution in [0.25, 0.3) is 5.69 Å². The molecule has 2 aromatic rings. The van der Waals surface area contributed by atoms with Crippen LogP contribution in [0.15, 0.2) is 34.9 Å². The van der Waals surface area contributed by atoms with Crippen LogP contribution in [-0.4, -0.2) is 9.78 Å². The third-order valence-corrected chi connectivity index (χ3v) is 3.22. The number of rotatable bonds is 1. The molecule has 1 heterocycles. The number of hydrogen-bond donors (Lipinski definition) is 1. The Morgan fingerprint density at radius 3 is 2.41 bits per heavy atom. The number of nitrogen functional groups attached to an aromatic ring is 1. The molecule has 0 atom stereocenters. The van der Waals surface area contributed by atoms with Gasteiger partial charge in [-0.2, -0.15) is 5.10 Å². The average molecular weight is 294 g/mol. The van der Waals surface area contributed by atoms with Crippen LogP contribution in [0.1, 0.15) is 26.5 Å². The Hall–Kier alpha value is -1.29. The topological polar surface area (TPSA) is 43.8 Å². The van der Waals surface area contributed by atoms with E-state index in [1.807, 2.05) is 35.1 Å². The fourth-order valence-electron chi connectivity index (χ4n) is 1.73. The van der Waals surface area contributed by atoms with E-state index in [1.54, 1.807) is 0 Å². The molecule has 2 N–H and O–H groups in total. The smallest absolute Gasteiger partial charge is 0.0911 e. The number of anilines is 1. The van der Waals surface area contributed by atoms with E-state index in [-0.39, 0.29) is 5.41 Å². The molecule has 0 radical (unpaired) electrons. The minimum atomic E-state index is -0.0450. The van der Waals surface area contributed by atoms with Crippen LogP contribution in [0.4, 0.5) is 5.69 Å². The van der Waals surface area contributed by atoms with Crippen molar-refractivity contribution in [3.63, 3.8) is 0 Å². The second-order valence-corrected chi connectivity index (χ2v) is 5.93. The lowest BCUT2D eigenvalue weighted by atomic mass is 9.92. The van der Waals surface area contributed by atoms with Gasteiger partial charge in [-0.1, -0.05) is 32.9 Å². The highest BCUT2D eigenvalue weighted by Gasteiger charge is 2.21. The van der Waals surface area contributed by atoms with Crippen LogP contribution >= 0.6 is 15.9 Å². The molecule has 4 heteroatoms. The van der Waals surface area contributed by atoms with E-state index >= 15 is 0 Å². The molecule has 0 aliphatic rings. The van der Waals surface area contributed by atoms with E-state index in [1.165, 1.54) is 0 Å². The van der Waals surface area contributed by atoms with Gasteiger partial charge in [-0.15, -0.1) is 0 Å². The molecule has 0 bridgehead atoms. The summed E-state index contributed by atoms with van der Waals surface area (Å²) in [5.41, 5.74) is 8.62. The van der Waals surface area contributed by atoms with Gasteiger partial charge in [-0.3, -0.25) is 0 Å². The van der Waals surface area contributed by atoms with Crippen molar-refractivity contribution in [2.45, 2.75) is 26.2 Å². The van der Waals surface area contributed by atoms with E-state index in [0.29, 0.717) is 0 Å². The predicted molar refractivity (Wildman–Crippen MR) is 74.4 cm³/mol. The van der Waals surface area contributed by atoms with Gasteiger partial charge in [0, 0.05) is 9.89 Å². The molecular weight excluding hydrogens is 278 g/mol. The van der Waals surface area contributed by atoms with Crippen LogP contribution in [0, 0.1) is 0 Å². The van der Waals surface area contributed by atoms with E-state index in [9.17, 15) is 0 Å². The summed E-state index contributed by atoms with van der Waals surface area (Å²) in [5.74, 6) is 0. The second-order valence-electron chi connectivity index (χ2n) is 5.08. The molecular formula is C13H16BrN3. The normalized spacial score (nSPS) is 11.8. The van der Waals surface area contributed by atoms with Crippen molar-refractivity contribution in [3.05, 3.63) is 40.6 Å². The van der Waals surface area contributed by atoms with Crippen molar-refractivity contribution in [2.24, 2.45) is 0 Å². The van der Waals surface area contributed by atoms with Crippen molar-refractivity contribution < 1.29 is 0 Å². The first-order valence-corrected chi connectivity index (χ1v) is 6.29. The SMILES string of the molecule is CC(C)(C)c1nn(-c2ccccc2Br)cc1N. The molecule has 0 aliphatic heterocycles. The average Bonchev–Trinajstić information content (AvgIpc) is 2.60. The quantitative estimate of drug-likeness (QED) is 0.874. The Balaban J connectivity index is 2.53. The lowest BCUT2D eigenvalue weighted by Gasteiger charge is -2.15. The van der Waals surface area contributed by atoms with Crippen molar-refractivity contribution >= 4 is 21.6 Å². The lowest BCUT2D eigenvalue weighted by molar-refractivity contribution is 0.562. The van der Waals surface area contributed by atoms with Crippen LogP contribution in [0.2, 0.25) is 0 Å². The highest BCUT2D eigenvalue weighted by atomic mass is 79.9. The van der Waals surface area contributed by atoms with Crippen molar-refractivity contribution in [3.8, 4) is 5.69 Å². The lowest BCUT2D eigenvalue weighted by Crippen LogP contribution is -2.14. The predicted octanol–water partition coefficient (Wildman–Crippen LogP) is 3.51. The summed E-state index contributed by atoms with van der Waals surface area (Å²) in [6.07, 6.45) is 1.86. The van der Waals surface area contributed by atoms with E-state index in [2.05, 4.69) is 41.8 Å². The summed E-state index contributed by atoms with van der Waals surface area (Å²) in [6, 6.07) is 7.95. The van der Waals surface area contributed by atoms with Crippen LogP contribution < -0.4 is 5.73 Å². The summed E-state index contributed by atoms with van der Waals surface area (Å²) in [4.78, 5) is 0. The molecule has 3 nitrogen and oxygen atoms in total. The number of hydrogen-bond acceptors (Lipinski definition) is 2. The summed E-state index contributed by atoms with van der Waals surface area (Å²) in [6.45, 7) is 6.32. The molecule has 0 saturated carbocycles. The number of aromatic nitrogens is 2. The fourth-order valence-corrected chi connectivity index (χ4v) is 2.20. The standard InChI is InChI=1S/C13H16BrN3/c1-13(2,3)12-10(15)8-17(16-12)11-7-5-4-6-9(11)14/h4-8H,15H2,1-3H3. The minimum Gasteiger partial charge on any atom is -0.396 e. The Labute approximate surface area is 110 Å². The molecule has 0 saturated heterocycles. The Kier molecular flexibility index (Phi) is 3.00. The Morgan fingerprint density at radius 1 is 1.24 bits per heavy atom. The molecule has 0 fully saturated rings. The molecule has 2 rings (SSSR count). The number of para-hydroxylation sites is 1. The van der Waals surface area contributed by atoms with Crippen molar-refractivity contribution in [1.82, 2.24) is 9.78 Å². The maximum Gasteiger partial charge on any atom is 0.0911 e. The molecule has 1 aromatic heterocycles. The van der Waals surface area contributed by atoms with Crippen molar-refractivity contribution in [2.75, 3.05) is 5.73 Å². The monoisotopic (exact) mass is 293 g/mol. The van der Waals surface area contributed by atoms with Gasteiger partial charge in [-0.05, 0) is 28.1 Å². The van der Waals surface area contributed by atoms with Gasteiger partial charge in [0.05, 0.1) is 23.3 Å². The number of halogens is 1. The molecule has 0 spiro atoms. The summed E-state index contributed by atoms with van der Waals surface area (Å²) in [7, 11) is 0. The molecule has 17 heavy (non-hydrogen) atoms. The number of nitrogens with two attached hydrogens (primary N) is 1. The third-order valence-electron chi connectivity index (χ3n) is 2.55. The van der Waals surface area contributed by atoms with Crippen molar-refractivity contribution in [1.29, 1.82) is 0 Å². The highest BCUT2D eigenvalue weighted by Crippen LogP contribution is 2.28. The summed E-state index contributed by atoms with van der Waals surface area (Å²) < 4.78 is 2.82. The first-order valence-electron chi connectivity index (χ1n) is 5.50. The number of benzene rings is 1. The molecule has 90 valence electrons. The van der Waals surface area contributed by atoms with E-state index < -0.39 is 0 Å². The maximum atomic E-state index is 6.02. The largest absolute Gasteiger partial charge is 0.396 e. The first-order chi connectivity index (χ1) is 7.89. The molecule has 0 amide bonds. The molecule has 0 unspecified atom stereocenters. The molecule has 0 aliphatic carbocycles. The van der Waals surface area contributed by atoms with Gasteiger partial charge in [0.2, 0.25) is 0 Å². The van der Waals surface area contributed by atoms with E-state index in [0.717, 1.165) is 21.5 Å². The zero-order chi connectivity index (χ0) is 12.6. The Morgan fingerprint density at radius 2 is 1.88 bits per heavy atom. The maximum absolute atomic E-state index is 6.02. The first kappa shape index (κ1) is 12.2. The van der Waals surface area contributed by atoms with Gasteiger partial charge in [0.15, 0.2) is 0 Å². The van der Waals surface area contributed by atoms with Crippen LogP contribution in [0.5, 0.6) is 0 Å². The van der Waals surface area contributed by atoms with Gasteiger partial charge >= 0.3 is 0 Å². The molecule has 1 aromatic carbocycles. The zero-order valence-electron chi connectivity index (χ0n) is 10.2. The van der Waals surface area contributed by atoms with Gasteiger partial charge in [0.1, 0.15) is 0 Å². The van der Waals surface area contributed by atoms with Crippen LogP contribution in [0.3, 0.4) is 0 Å². The second kappa shape index (κ2) is 4.18. The zero-order valence-corrected chi connectivity index (χ0v) is 11.8.